The molecule has 0 aliphatic rings. The number of para-hydroxylation sites is 2. The molecule has 0 aliphatic carbocycles. The van der Waals surface area contributed by atoms with Crippen molar-refractivity contribution in [2.24, 2.45) is 12.1 Å². The molecule has 0 spiro atoms. The highest BCUT2D eigenvalue weighted by Crippen LogP contribution is 2.27. The predicted octanol–water partition coefficient (Wildman–Crippen LogP) is 6.18. The lowest BCUT2D eigenvalue weighted by atomic mass is 10.1. The predicted molar refractivity (Wildman–Crippen MR) is 137 cm³/mol. The second-order valence-corrected chi connectivity index (χ2v) is 7.56. The molecule has 1 aromatic heterocycles. The van der Waals surface area contributed by atoms with E-state index in [1.165, 1.54) is 12.1 Å². The van der Waals surface area contributed by atoms with Crippen LogP contribution in [0.3, 0.4) is 0 Å². The minimum absolute atomic E-state index is 0.274. The summed E-state index contributed by atoms with van der Waals surface area (Å²) in [4.78, 5) is 21.1. The van der Waals surface area contributed by atoms with Crippen LogP contribution in [0.25, 0.3) is 12.2 Å². The van der Waals surface area contributed by atoms with Gasteiger partial charge in [0.25, 0.3) is 11.4 Å². The van der Waals surface area contributed by atoms with E-state index in [9.17, 15) is 20.2 Å². The van der Waals surface area contributed by atoms with Gasteiger partial charge in [0, 0.05) is 18.8 Å². The van der Waals surface area contributed by atoms with Gasteiger partial charge in [-0.3, -0.25) is 20.2 Å². The van der Waals surface area contributed by atoms with Gasteiger partial charge in [-0.15, -0.1) is 0 Å². The average Bonchev–Trinajstić information content (AvgIpc) is 3.23. The number of nitrogens with zero attached hydrogens (tertiary/aromatic N) is 5. The lowest BCUT2D eigenvalue weighted by Gasteiger charge is -2.19. The van der Waals surface area contributed by atoms with Crippen LogP contribution in [0.2, 0.25) is 0 Å². The Morgan fingerprint density at radius 3 is 1.94 bits per heavy atom. The van der Waals surface area contributed by atoms with E-state index in [0.29, 0.717) is 0 Å². The summed E-state index contributed by atoms with van der Waals surface area (Å²) >= 11 is 0. The Morgan fingerprint density at radius 2 is 1.37 bits per heavy atom. The Morgan fingerprint density at radius 1 is 0.771 bits per heavy atom. The van der Waals surface area contributed by atoms with Gasteiger partial charge in [0.2, 0.25) is 0 Å². The maximum atomic E-state index is 11.4. The molecule has 0 radical (unpaired) electrons. The van der Waals surface area contributed by atoms with E-state index in [-0.39, 0.29) is 16.9 Å². The third-order valence-electron chi connectivity index (χ3n) is 5.36. The van der Waals surface area contributed by atoms with Crippen molar-refractivity contribution < 1.29 is 9.85 Å². The molecule has 0 amide bonds. The largest absolute Gasteiger partial charge is 0.343 e. The molecule has 9 nitrogen and oxygen atoms in total. The van der Waals surface area contributed by atoms with Crippen LogP contribution < -0.4 is 5.01 Å². The molecule has 0 fully saturated rings. The van der Waals surface area contributed by atoms with E-state index in [2.05, 4.69) is 0 Å². The van der Waals surface area contributed by atoms with Crippen molar-refractivity contribution in [3.05, 3.63) is 128 Å². The highest BCUT2D eigenvalue weighted by atomic mass is 16.6. The van der Waals surface area contributed by atoms with E-state index < -0.39 is 9.85 Å². The number of hydrogen-bond donors (Lipinski definition) is 0. The van der Waals surface area contributed by atoms with Gasteiger partial charge in [-0.1, -0.05) is 36.4 Å². The molecule has 4 aromatic rings. The zero-order valence-corrected chi connectivity index (χ0v) is 18.8. The number of anilines is 2. The van der Waals surface area contributed by atoms with E-state index >= 15 is 0 Å². The molecule has 4 rings (SSSR count). The first-order chi connectivity index (χ1) is 16.9. The van der Waals surface area contributed by atoms with Crippen LogP contribution in [0.15, 0.2) is 96.1 Å². The zero-order valence-electron chi connectivity index (χ0n) is 18.8. The van der Waals surface area contributed by atoms with E-state index in [1.807, 2.05) is 89.4 Å². The second kappa shape index (κ2) is 10.3. The molecule has 0 aliphatic heterocycles. The third kappa shape index (κ3) is 5.31. The smallest absolute Gasteiger partial charge is 0.283 e. The maximum absolute atomic E-state index is 11.4. The molecule has 0 atom stereocenters. The quantitative estimate of drug-likeness (QED) is 0.175. The Labute approximate surface area is 201 Å². The summed E-state index contributed by atoms with van der Waals surface area (Å²) in [5.74, 6) is 0. The van der Waals surface area contributed by atoms with Crippen LogP contribution >= 0.6 is 0 Å². The first-order valence-corrected chi connectivity index (χ1v) is 10.6. The van der Waals surface area contributed by atoms with Crippen molar-refractivity contribution in [1.29, 1.82) is 0 Å². The number of benzene rings is 3. The van der Waals surface area contributed by atoms with Gasteiger partial charge in [0.15, 0.2) is 0 Å². The summed E-state index contributed by atoms with van der Waals surface area (Å²) in [5.41, 5.74) is 3.05. The lowest BCUT2D eigenvalue weighted by Crippen LogP contribution is -2.10. The zero-order chi connectivity index (χ0) is 24.8. The molecule has 35 heavy (non-hydrogen) atoms. The van der Waals surface area contributed by atoms with Gasteiger partial charge >= 0.3 is 0 Å². The normalized spacial score (nSPS) is 11.2. The molecule has 3 aromatic carbocycles. The number of aromatic nitrogens is 1. The topological polar surface area (TPSA) is 107 Å². The molecule has 0 saturated carbocycles. The molecule has 9 heteroatoms. The van der Waals surface area contributed by atoms with Crippen molar-refractivity contribution in [1.82, 2.24) is 4.57 Å². The van der Waals surface area contributed by atoms with Crippen molar-refractivity contribution in [3.8, 4) is 0 Å². The number of non-ortho nitro benzene ring substituents is 1. The van der Waals surface area contributed by atoms with Gasteiger partial charge in [0.05, 0.1) is 44.8 Å². The van der Waals surface area contributed by atoms with Crippen LogP contribution in [-0.2, 0) is 7.05 Å². The van der Waals surface area contributed by atoms with E-state index in [1.54, 1.807) is 18.4 Å². The van der Waals surface area contributed by atoms with Crippen LogP contribution in [-0.4, -0.2) is 20.6 Å². The standard InChI is InChI=1S/C26H21N5O4/c1-28-21(14-12-20-13-15-24(30(32)33)18-26(20)31(34)35)16-17-25(28)19-27-29(22-8-4-2-5-9-22)23-10-6-3-7-11-23/h2-19H,1H3/b14-12+,27-19+. The van der Waals surface area contributed by atoms with Crippen LogP contribution in [0.4, 0.5) is 22.7 Å². The minimum Gasteiger partial charge on any atom is -0.343 e. The highest BCUT2D eigenvalue weighted by molar-refractivity contribution is 5.82. The van der Waals surface area contributed by atoms with Gasteiger partial charge in [-0.2, -0.15) is 5.10 Å². The lowest BCUT2D eigenvalue weighted by molar-refractivity contribution is -0.394. The molecular formula is C26H21N5O4. The number of hydrazone groups is 1. The Bertz CT molecular complexity index is 1370. The first-order valence-electron chi connectivity index (χ1n) is 10.6. The summed E-state index contributed by atoms with van der Waals surface area (Å²) in [6.45, 7) is 0. The van der Waals surface area contributed by atoms with Crippen molar-refractivity contribution in [2.75, 3.05) is 5.01 Å². The fraction of sp³-hybridized carbons (Fsp3) is 0.0385. The Balaban J connectivity index is 1.61. The summed E-state index contributed by atoms with van der Waals surface area (Å²) in [5, 5.41) is 28.9. The third-order valence-corrected chi connectivity index (χ3v) is 5.36. The van der Waals surface area contributed by atoms with Crippen molar-refractivity contribution >= 4 is 41.1 Å². The second-order valence-electron chi connectivity index (χ2n) is 7.56. The number of nitro groups is 2. The summed E-state index contributed by atoms with van der Waals surface area (Å²) in [6.07, 6.45) is 5.03. The minimum atomic E-state index is -0.655. The number of rotatable bonds is 8. The fourth-order valence-corrected chi connectivity index (χ4v) is 3.50. The van der Waals surface area contributed by atoms with E-state index in [4.69, 9.17) is 5.10 Å². The summed E-state index contributed by atoms with van der Waals surface area (Å²) in [6, 6.07) is 26.9. The monoisotopic (exact) mass is 467 g/mol. The summed E-state index contributed by atoms with van der Waals surface area (Å²) in [7, 11) is 1.86. The Hall–Kier alpha value is -5.05. The molecule has 174 valence electrons. The van der Waals surface area contributed by atoms with Crippen molar-refractivity contribution in [2.45, 2.75) is 0 Å². The van der Waals surface area contributed by atoms with Gasteiger partial charge in [-0.25, -0.2) is 5.01 Å². The highest BCUT2D eigenvalue weighted by Gasteiger charge is 2.17. The Kier molecular flexibility index (Phi) is 6.78. The van der Waals surface area contributed by atoms with Crippen LogP contribution in [0.1, 0.15) is 17.0 Å². The SMILES string of the molecule is Cn1c(/C=C/c2ccc([N+](=O)[O-])cc2[N+](=O)[O-])ccc1/C=N/N(c1ccccc1)c1ccccc1. The fourth-order valence-electron chi connectivity index (χ4n) is 3.50. The van der Waals surface area contributed by atoms with Gasteiger partial charge < -0.3 is 4.57 Å². The van der Waals surface area contributed by atoms with Crippen LogP contribution in [0, 0.1) is 20.2 Å². The average molecular weight is 467 g/mol. The number of nitro benzene ring substituents is 2. The van der Waals surface area contributed by atoms with Crippen LogP contribution in [0.5, 0.6) is 0 Å². The molecule has 0 N–H and O–H groups in total. The summed E-state index contributed by atoms with van der Waals surface area (Å²) < 4.78 is 1.89. The van der Waals surface area contributed by atoms with E-state index in [0.717, 1.165) is 28.8 Å². The van der Waals surface area contributed by atoms with Gasteiger partial charge in [0.1, 0.15) is 0 Å². The molecule has 0 unspecified atom stereocenters. The molecule has 0 saturated heterocycles. The van der Waals surface area contributed by atoms with Crippen molar-refractivity contribution in [3.63, 3.8) is 0 Å². The van der Waals surface area contributed by atoms with Gasteiger partial charge in [-0.05, 0) is 54.6 Å². The maximum Gasteiger partial charge on any atom is 0.283 e. The molecule has 0 bridgehead atoms. The number of hydrogen-bond acceptors (Lipinski definition) is 6. The molecule has 1 heterocycles. The first kappa shape index (κ1) is 23.1. The molecular weight excluding hydrogens is 446 g/mol.